The number of nitrogens with one attached hydrogen (secondary N) is 1. The molecule has 4 aromatic rings. The summed E-state index contributed by atoms with van der Waals surface area (Å²) in [5, 5.41) is 3.85. The molecule has 5 heteroatoms. The van der Waals surface area contributed by atoms with Crippen LogP contribution in [0.25, 0.3) is 0 Å². The fraction of sp³-hybridized carbons (Fsp3) is 0.148. The molecule has 32 heavy (non-hydrogen) atoms. The van der Waals surface area contributed by atoms with Crippen molar-refractivity contribution in [3.05, 3.63) is 119 Å². The molecule has 0 aliphatic rings. The zero-order valence-electron chi connectivity index (χ0n) is 18.2. The number of aryl methyl sites for hydroxylation is 2. The Morgan fingerprint density at radius 2 is 1.44 bits per heavy atom. The standard InChI is InChI=1S/C27H25N3OS/c1-19-16-20(2)29-27(28-19)32-18-23-13-6-8-14-24(23)26(31)30-25-15-9-7-12-22(25)17-21-10-4-3-5-11-21/h3-16H,17-18H2,1-2H3,(H,30,31). The molecule has 0 saturated carbocycles. The van der Waals surface area contributed by atoms with E-state index in [4.69, 9.17) is 0 Å². The van der Waals surface area contributed by atoms with Crippen molar-refractivity contribution in [2.45, 2.75) is 31.2 Å². The molecule has 0 bridgehead atoms. The Morgan fingerprint density at radius 1 is 0.812 bits per heavy atom. The maximum absolute atomic E-state index is 13.2. The van der Waals surface area contributed by atoms with Gasteiger partial charge in [-0.25, -0.2) is 9.97 Å². The number of rotatable bonds is 7. The lowest BCUT2D eigenvalue weighted by Crippen LogP contribution is -2.15. The summed E-state index contributed by atoms with van der Waals surface area (Å²) in [6.45, 7) is 3.93. The van der Waals surface area contributed by atoms with Crippen molar-refractivity contribution in [3.8, 4) is 0 Å². The van der Waals surface area contributed by atoms with E-state index in [9.17, 15) is 4.79 Å². The van der Waals surface area contributed by atoms with Gasteiger partial charge in [0.05, 0.1) is 0 Å². The lowest BCUT2D eigenvalue weighted by atomic mass is 10.0. The smallest absolute Gasteiger partial charge is 0.255 e. The van der Waals surface area contributed by atoms with Gasteiger partial charge in [0, 0.05) is 28.4 Å². The van der Waals surface area contributed by atoms with Gasteiger partial charge in [0.1, 0.15) is 0 Å². The third-order valence-electron chi connectivity index (χ3n) is 5.08. The molecule has 160 valence electrons. The highest BCUT2D eigenvalue weighted by molar-refractivity contribution is 7.98. The van der Waals surface area contributed by atoms with Gasteiger partial charge in [-0.15, -0.1) is 0 Å². The quantitative estimate of drug-likeness (QED) is 0.274. The van der Waals surface area contributed by atoms with E-state index < -0.39 is 0 Å². The van der Waals surface area contributed by atoms with Crippen molar-refractivity contribution in [2.75, 3.05) is 5.32 Å². The fourth-order valence-corrected chi connectivity index (χ4v) is 4.52. The first kappa shape index (κ1) is 21.8. The fourth-order valence-electron chi connectivity index (χ4n) is 3.57. The highest BCUT2D eigenvalue weighted by Crippen LogP contribution is 2.24. The maximum Gasteiger partial charge on any atom is 0.255 e. The topological polar surface area (TPSA) is 54.9 Å². The summed E-state index contributed by atoms with van der Waals surface area (Å²) >= 11 is 1.54. The van der Waals surface area contributed by atoms with Crippen LogP contribution in [0.2, 0.25) is 0 Å². The summed E-state index contributed by atoms with van der Waals surface area (Å²) in [5.74, 6) is 0.515. The molecule has 0 spiro atoms. The third kappa shape index (κ3) is 5.62. The number of aromatic nitrogens is 2. The van der Waals surface area contributed by atoms with Crippen LogP contribution in [0.3, 0.4) is 0 Å². The van der Waals surface area contributed by atoms with Crippen LogP contribution < -0.4 is 5.32 Å². The number of hydrogen-bond acceptors (Lipinski definition) is 4. The highest BCUT2D eigenvalue weighted by Gasteiger charge is 2.14. The first-order valence-electron chi connectivity index (χ1n) is 10.5. The second-order valence-electron chi connectivity index (χ2n) is 7.65. The average Bonchev–Trinajstić information content (AvgIpc) is 2.79. The minimum Gasteiger partial charge on any atom is -0.322 e. The van der Waals surface area contributed by atoms with E-state index in [2.05, 4.69) is 33.5 Å². The normalized spacial score (nSPS) is 10.7. The van der Waals surface area contributed by atoms with Gasteiger partial charge >= 0.3 is 0 Å². The predicted molar refractivity (Wildman–Crippen MR) is 131 cm³/mol. The Kier molecular flexibility index (Phi) is 6.97. The maximum atomic E-state index is 13.2. The molecule has 4 nitrogen and oxygen atoms in total. The number of carbonyl (C=O) groups is 1. The van der Waals surface area contributed by atoms with Gasteiger partial charge in [0.25, 0.3) is 5.91 Å². The van der Waals surface area contributed by atoms with Crippen molar-refractivity contribution in [3.63, 3.8) is 0 Å². The van der Waals surface area contributed by atoms with E-state index in [1.54, 1.807) is 11.8 Å². The molecule has 0 aliphatic carbocycles. The van der Waals surface area contributed by atoms with Crippen LogP contribution in [0, 0.1) is 13.8 Å². The molecule has 1 heterocycles. The minimum atomic E-state index is -0.108. The Labute approximate surface area is 193 Å². The Hall–Kier alpha value is -3.44. The first-order chi connectivity index (χ1) is 15.6. The molecular formula is C27H25N3OS. The summed E-state index contributed by atoms with van der Waals surface area (Å²) < 4.78 is 0. The molecular weight excluding hydrogens is 414 g/mol. The van der Waals surface area contributed by atoms with Gasteiger partial charge in [0.2, 0.25) is 0 Å². The van der Waals surface area contributed by atoms with Crippen molar-refractivity contribution >= 4 is 23.4 Å². The molecule has 0 aliphatic heterocycles. The zero-order valence-corrected chi connectivity index (χ0v) is 19.0. The molecule has 0 atom stereocenters. The van der Waals surface area contributed by atoms with Crippen molar-refractivity contribution in [2.24, 2.45) is 0 Å². The van der Waals surface area contributed by atoms with E-state index >= 15 is 0 Å². The summed E-state index contributed by atoms with van der Waals surface area (Å²) in [5.41, 5.74) is 6.64. The molecule has 4 rings (SSSR count). The van der Waals surface area contributed by atoms with Crippen molar-refractivity contribution in [1.82, 2.24) is 9.97 Å². The van der Waals surface area contributed by atoms with Crippen LogP contribution in [-0.2, 0) is 12.2 Å². The molecule has 3 aromatic carbocycles. The van der Waals surface area contributed by atoms with E-state index in [0.29, 0.717) is 11.3 Å². The highest BCUT2D eigenvalue weighted by atomic mass is 32.2. The molecule has 0 radical (unpaired) electrons. The number of nitrogens with zero attached hydrogens (tertiary/aromatic N) is 2. The van der Waals surface area contributed by atoms with E-state index in [1.165, 1.54) is 5.56 Å². The van der Waals surface area contributed by atoms with Gasteiger partial charge in [0.15, 0.2) is 5.16 Å². The van der Waals surface area contributed by atoms with Crippen LogP contribution in [-0.4, -0.2) is 15.9 Å². The molecule has 0 unspecified atom stereocenters. The summed E-state index contributed by atoms with van der Waals surface area (Å²) in [4.78, 5) is 22.2. The molecule has 0 saturated heterocycles. The van der Waals surface area contributed by atoms with Gasteiger partial charge in [-0.1, -0.05) is 78.5 Å². The van der Waals surface area contributed by atoms with Gasteiger partial charge in [-0.3, -0.25) is 4.79 Å². The Balaban J connectivity index is 1.51. The van der Waals surface area contributed by atoms with Gasteiger partial charge in [-0.2, -0.15) is 0 Å². The van der Waals surface area contributed by atoms with Crippen LogP contribution >= 0.6 is 11.8 Å². The van der Waals surface area contributed by atoms with Crippen molar-refractivity contribution < 1.29 is 4.79 Å². The largest absolute Gasteiger partial charge is 0.322 e. The second-order valence-corrected chi connectivity index (χ2v) is 8.60. The molecule has 1 amide bonds. The number of amides is 1. The van der Waals surface area contributed by atoms with Crippen LogP contribution in [0.4, 0.5) is 5.69 Å². The average molecular weight is 440 g/mol. The number of thioether (sulfide) groups is 1. The van der Waals surface area contributed by atoms with E-state index in [-0.39, 0.29) is 5.91 Å². The number of benzene rings is 3. The lowest BCUT2D eigenvalue weighted by molar-refractivity contribution is 0.102. The van der Waals surface area contributed by atoms with Gasteiger partial charge in [-0.05, 0) is 55.2 Å². The monoisotopic (exact) mass is 439 g/mol. The van der Waals surface area contributed by atoms with E-state index in [0.717, 1.165) is 39.8 Å². The number of carbonyl (C=O) groups excluding carboxylic acids is 1. The number of anilines is 1. The predicted octanol–water partition coefficient (Wildman–Crippen LogP) is 6.23. The number of para-hydroxylation sites is 1. The van der Waals surface area contributed by atoms with Crippen LogP contribution in [0.5, 0.6) is 0 Å². The Morgan fingerprint density at radius 3 is 2.19 bits per heavy atom. The lowest BCUT2D eigenvalue weighted by Gasteiger charge is -2.13. The van der Waals surface area contributed by atoms with Crippen LogP contribution in [0.15, 0.2) is 90.1 Å². The SMILES string of the molecule is Cc1cc(C)nc(SCc2ccccc2C(=O)Nc2ccccc2Cc2ccccc2)n1. The van der Waals surface area contributed by atoms with Gasteiger partial charge < -0.3 is 5.32 Å². The first-order valence-corrected chi connectivity index (χ1v) is 11.5. The molecule has 1 aromatic heterocycles. The Bertz CT molecular complexity index is 1200. The summed E-state index contributed by atoms with van der Waals surface area (Å²) in [6, 6.07) is 27.9. The van der Waals surface area contributed by atoms with E-state index in [1.807, 2.05) is 80.6 Å². The molecule has 0 fully saturated rings. The van der Waals surface area contributed by atoms with Crippen molar-refractivity contribution in [1.29, 1.82) is 0 Å². The van der Waals surface area contributed by atoms with Crippen LogP contribution in [0.1, 0.15) is 38.4 Å². The zero-order chi connectivity index (χ0) is 22.3. The summed E-state index contributed by atoms with van der Waals surface area (Å²) in [6.07, 6.45) is 0.763. The summed E-state index contributed by atoms with van der Waals surface area (Å²) in [7, 11) is 0. The second kappa shape index (κ2) is 10.2. The number of hydrogen-bond donors (Lipinski definition) is 1. The third-order valence-corrected chi connectivity index (χ3v) is 5.98. The minimum absolute atomic E-state index is 0.108. The molecule has 1 N–H and O–H groups in total.